The molecule has 1 unspecified atom stereocenters. The predicted molar refractivity (Wildman–Crippen MR) is 87.4 cm³/mol. The molecule has 1 atom stereocenters. The van der Waals surface area contributed by atoms with Crippen LogP contribution in [0.5, 0.6) is 0 Å². The molecule has 0 aliphatic heterocycles. The highest BCUT2D eigenvalue weighted by Gasteiger charge is 2.12. The van der Waals surface area contributed by atoms with Crippen LogP contribution in [0.2, 0.25) is 5.02 Å². The molecular formula is C16H13BrClNO. The average molecular weight is 351 g/mol. The third-order valence-electron chi connectivity index (χ3n) is 3.17. The van der Waals surface area contributed by atoms with Crippen LogP contribution in [0.15, 0.2) is 57.4 Å². The molecule has 0 bridgehead atoms. The lowest BCUT2D eigenvalue weighted by Gasteiger charge is -2.14. The lowest BCUT2D eigenvalue weighted by molar-refractivity contribution is 0.526. The highest BCUT2D eigenvalue weighted by atomic mass is 79.9. The van der Waals surface area contributed by atoms with Crippen molar-refractivity contribution >= 4 is 44.2 Å². The Hall–Kier alpha value is -1.45. The quantitative estimate of drug-likeness (QED) is 0.624. The second kappa shape index (κ2) is 5.51. The van der Waals surface area contributed by atoms with Crippen molar-refractivity contribution in [3.05, 3.63) is 63.8 Å². The zero-order valence-electron chi connectivity index (χ0n) is 10.9. The molecular weight excluding hydrogens is 338 g/mol. The zero-order valence-corrected chi connectivity index (χ0v) is 13.2. The fourth-order valence-electron chi connectivity index (χ4n) is 2.13. The Morgan fingerprint density at radius 3 is 2.70 bits per heavy atom. The van der Waals surface area contributed by atoms with Crippen molar-refractivity contribution in [3.63, 3.8) is 0 Å². The number of nitrogens with one attached hydrogen (secondary N) is 1. The lowest BCUT2D eigenvalue weighted by Crippen LogP contribution is -2.05. The molecule has 3 rings (SSSR count). The van der Waals surface area contributed by atoms with Crippen molar-refractivity contribution in [1.82, 2.24) is 0 Å². The summed E-state index contributed by atoms with van der Waals surface area (Å²) in [6.07, 6.45) is 0. The molecule has 0 aliphatic carbocycles. The summed E-state index contributed by atoms with van der Waals surface area (Å²) in [6, 6.07) is 15.9. The van der Waals surface area contributed by atoms with Gasteiger partial charge >= 0.3 is 0 Å². The highest BCUT2D eigenvalue weighted by molar-refractivity contribution is 9.10. The van der Waals surface area contributed by atoms with E-state index < -0.39 is 0 Å². The predicted octanol–water partition coefficient (Wildman–Crippen LogP) is 6.02. The fourth-order valence-corrected chi connectivity index (χ4v) is 2.85. The first-order valence-corrected chi connectivity index (χ1v) is 7.50. The van der Waals surface area contributed by atoms with Crippen LogP contribution in [-0.2, 0) is 0 Å². The molecule has 0 radical (unpaired) electrons. The number of anilines is 1. The smallest absolute Gasteiger partial charge is 0.134 e. The van der Waals surface area contributed by atoms with E-state index in [0.29, 0.717) is 5.02 Å². The molecule has 4 heteroatoms. The monoisotopic (exact) mass is 349 g/mol. The molecule has 0 aliphatic rings. The number of rotatable bonds is 3. The second-order valence-electron chi connectivity index (χ2n) is 4.68. The van der Waals surface area contributed by atoms with Gasteiger partial charge in [-0.1, -0.05) is 45.7 Å². The van der Waals surface area contributed by atoms with E-state index in [2.05, 4.69) is 34.2 Å². The molecule has 0 spiro atoms. The third-order valence-corrected chi connectivity index (χ3v) is 3.98. The highest BCUT2D eigenvalue weighted by Crippen LogP contribution is 2.30. The van der Waals surface area contributed by atoms with Crippen molar-refractivity contribution in [2.75, 3.05) is 5.32 Å². The van der Waals surface area contributed by atoms with E-state index in [1.807, 2.05) is 42.5 Å². The van der Waals surface area contributed by atoms with Crippen LogP contribution in [0.25, 0.3) is 11.0 Å². The summed E-state index contributed by atoms with van der Waals surface area (Å²) in [7, 11) is 0. The first-order valence-electron chi connectivity index (χ1n) is 6.33. The van der Waals surface area contributed by atoms with Gasteiger partial charge in [-0.05, 0) is 37.3 Å². The van der Waals surface area contributed by atoms with E-state index in [1.165, 1.54) is 0 Å². The molecule has 2 aromatic carbocycles. The molecule has 3 aromatic rings. The van der Waals surface area contributed by atoms with E-state index in [1.54, 1.807) is 0 Å². The molecule has 1 aromatic heterocycles. The average Bonchev–Trinajstić information content (AvgIpc) is 2.86. The van der Waals surface area contributed by atoms with Crippen LogP contribution in [0.1, 0.15) is 18.7 Å². The molecule has 1 N–H and O–H groups in total. The van der Waals surface area contributed by atoms with Gasteiger partial charge in [-0.25, -0.2) is 0 Å². The van der Waals surface area contributed by atoms with Crippen molar-refractivity contribution in [2.45, 2.75) is 13.0 Å². The van der Waals surface area contributed by atoms with Gasteiger partial charge in [0.15, 0.2) is 0 Å². The van der Waals surface area contributed by atoms with Crippen LogP contribution in [0, 0.1) is 0 Å². The maximum atomic E-state index is 6.22. The SMILES string of the molecule is CC(Nc1ccc(Br)cc1Cl)c1cc2ccccc2o1. The Kier molecular flexibility index (Phi) is 3.72. The summed E-state index contributed by atoms with van der Waals surface area (Å²) >= 11 is 9.62. The summed E-state index contributed by atoms with van der Waals surface area (Å²) < 4.78 is 6.81. The Morgan fingerprint density at radius 1 is 1.15 bits per heavy atom. The van der Waals surface area contributed by atoms with E-state index in [4.69, 9.17) is 16.0 Å². The minimum absolute atomic E-state index is 0.0427. The molecule has 0 saturated carbocycles. The number of hydrogen-bond donors (Lipinski definition) is 1. The van der Waals surface area contributed by atoms with Crippen molar-refractivity contribution in [1.29, 1.82) is 0 Å². The van der Waals surface area contributed by atoms with Crippen LogP contribution >= 0.6 is 27.5 Å². The molecule has 2 nitrogen and oxygen atoms in total. The van der Waals surface area contributed by atoms with E-state index in [0.717, 1.165) is 26.9 Å². The maximum absolute atomic E-state index is 6.22. The number of halogens is 2. The van der Waals surface area contributed by atoms with E-state index in [-0.39, 0.29) is 6.04 Å². The number of hydrogen-bond acceptors (Lipinski definition) is 2. The van der Waals surface area contributed by atoms with Crippen molar-refractivity contribution in [2.24, 2.45) is 0 Å². The number of benzene rings is 2. The topological polar surface area (TPSA) is 25.2 Å². The number of fused-ring (bicyclic) bond motifs is 1. The van der Waals surface area contributed by atoms with Gasteiger partial charge in [0.25, 0.3) is 0 Å². The van der Waals surface area contributed by atoms with Gasteiger partial charge in [-0.3, -0.25) is 0 Å². The molecule has 0 amide bonds. The number of furan rings is 1. The summed E-state index contributed by atoms with van der Waals surface area (Å²) in [5, 5.41) is 5.16. The Morgan fingerprint density at radius 2 is 1.95 bits per heavy atom. The summed E-state index contributed by atoms with van der Waals surface area (Å²) in [5.74, 6) is 0.894. The van der Waals surface area contributed by atoms with Crippen molar-refractivity contribution < 1.29 is 4.42 Å². The third kappa shape index (κ3) is 2.69. The minimum Gasteiger partial charge on any atom is -0.459 e. The van der Waals surface area contributed by atoms with Gasteiger partial charge in [-0.2, -0.15) is 0 Å². The summed E-state index contributed by atoms with van der Waals surface area (Å²) in [4.78, 5) is 0. The molecule has 1 heterocycles. The minimum atomic E-state index is 0.0427. The Labute approximate surface area is 130 Å². The molecule has 0 saturated heterocycles. The van der Waals surface area contributed by atoms with Crippen LogP contribution in [0.4, 0.5) is 5.69 Å². The van der Waals surface area contributed by atoms with Gasteiger partial charge in [0.05, 0.1) is 16.8 Å². The summed E-state index contributed by atoms with van der Waals surface area (Å²) in [6.45, 7) is 2.05. The van der Waals surface area contributed by atoms with Gasteiger partial charge in [0.2, 0.25) is 0 Å². The molecule has 102 valence electrons. The Bertz CT molecular complexity index is 720. The second-order valence-corrected chi connectivity index (χ2v) is 6.00. The van der Waals surface area contributed by atoms with Gasteiger partial charge in [0.1, 0.15) is 11.3 Å². The molecule has 0 fully saturated rings. The first-order chi connectivity index (χ1) is 9.63. The zero-order chi connectivity index (χ0) is 14.1. The van der Waals surface area contributed by atoms with Crippen molar-refractivity contribution in [3.8, 4) is 0 Å². The standard InChI is InChI=1S/C16H13BrClNO/c1-10(19-14-7-6-12(17)9-13(14)18)16-8-11-4-2-3-5-15(11)20-16/h2-10,19H,1H3. The Balaban J connectivity index is 1.86. The maximum Gasteiger partial charge on any atom is 0.134 e. The van der Waals surface area contributed by atoms with Crippen LogP contribution < -0.4 is 5.32 Å². The fraction of sp³-hybridized carbons (Fsp3) is 0.125. The van der Waals surface area contributed by atoms with E-state index in [9.17, 15) is 0 Å². The van der Waals surface area contributed by atoms with Gasteiger partial charge in [0, 0.05) is 9.86 Å². The lowest BCUT2D eigenvalue weighted by atomic mass is 10.2. The van der Waals surface area contributed by atoms with E-state index >= 15 is 0 Å². The largest absolute Gasteiger partial charge is 0.459 e. The summed E-state index contributed by atoms with van der Waals surface area (Å²) in [5.41, 5.74) is 1.79. The number of para-hydroxylation sites is 1. The molecule has 20 heavy (non-hydrogen) atoms. The van der Waals surface area contributed by atoms with Crippen LogP contribution in [0.3, 0.4) is 0 Å². The van der Waals surface area contributed by atoms with Crippen LogP contribution in [-0.4, -0.2) is 0 Å². The first kappa shape index (κ1) is 13.5. The van der Waals surface area contributed by atoms with Gasteiger partial charge < -0.3 is 9.73 Å². The van der Waals surface area contributed by atoms with Gasteiger partial charge in [-0.15, -0.1) is 0 Å². The normalized spacial score (nSPS) is 12.6.